The Kier molecular flexibility index (Phi) is 21.3. The SMILES string of the molecule is C=CCC(COCc1ccccc1)C(=O)OC.C=CCCC(=O)OC.CCCl. The van der Waals surface area contributed by atoms with Crippen LogP contribution in [0.4, 0.5) is 0 Å². The molecule has 0 saturated heterocycles. The Hall–Kier alpha value is -2.11. The number of alkyl halides is 1. The summed E-state index contributed by atoms with van der Waals surface area (Å²) in [6.45, 7) is 9.83. The number of hydrogen-bond donors (Lipinski definition) is 0. The molecule has 0 aliphatic heterocycles. The van der Waals surface area contributed by atoms with Gasteiger partial charge in [0.1, 0.15) is 0 Å². The minimum Gasteiger partial charge on any atom is -0.469 e. The van der Waals surface area contributed by atoms with Gasteiger partial charge in [-0.25, -0.2) is 0 Å². The van der Waals surface area contributed by atoms with Gasteiger partial charge in [0, 0.05) is 12.3 Å². The van der Waals surface area contributed by atoms with E-state index in [1.54, 1.807) is 12.2 Å². The molecule has 0 radical (unpaired) electrons. The summed E-state index contributed by atoms with van der Waals surface area (Å²) < 4.78 is 14.6. The highest BCUT2D eigenvalue weighted by Crippen LogP contribution is 2.09. The summed E-state index contributed by atoms with van der Waals surface area (Å²) in [6, 6.07) is 9.85. The number of rotatable bonds is 10. The van der Waals surface area contributed by atoms with Crippen molar-refractivity contribution in [1.82, 2.24) is 0 Å². The van der Waals surface area contributed by atoms with Gasteiger partial charge in [-0.15, -0.1) is 24.8 Å². The van der Waals surface area contributed by atoms with Gasteiger partial charge in [-0.05, 0) is 18.4 Å². The van der Waals surface area contributed by atoms with Crippen molar-refractivity contribution in [2.75, 3.05) is 26.7 Å². The second kappa shape index (κ2) is 21.2. The average Bonchev–Trinajstić information content (AvgIpc) is 2.72. The van der Waals surface area contributed by atoms with E-state index >= 15 is 0 Å². The standard InChI is InChI=1S/C14H18O3.C6H10O2.C2H5Cl/c1-3-7-13(14(15)16-2)11-17-10-12-8-5-4-6-9-12;1-3-4-5-6(7)8-2;1-2-3/h3-6,8-9,13H,1,7,10-11H2,2H3;3H,1,4-5H2,2H3;2H2,1H3. The van der Waals surface area contributed by atoms with Crippen LogP contribution in [0, 0.1) is 5.92 Å². The van der Waals surface area contributed by atoms with Crippen LogP contribution >= 0.6 is 11.6 Å². The number of allylic oxidation sites excluding steroid dienone is 2. The Morgan fingerprint density at radius 3 is 2.18 bits per heavy atom. The Balaban J connectivity index is 0. The second-order valence-electron chi connectivity index (χ2n) is 5.42. The molecule has 0 aliphatic rings. The van der Waals surface area contributed by atoms with Crippen molar-refractivity contribution in [2.24, 2.45) is 5.92 Å². The fraction of sp³-hybridized carbons (Fsp3) is 0.455. The van der Waals surface area contributed by atoms with E-state index < -0.39 is 0 Å². The highest BCUT2D eigenvalue weighted by Gasteiger charge is 2.17. The minimum absolute atomic E-state index is 0.176. The average molecular weight is 413 g/mol. The van der Waals surface area contributed by atoms with Crippen LogP contribution in [0.25, 0.3) is 0 Å². The van der Waals surface area contributed by atoms with Gasteiger partial charge in [-0.1, -0.05) is 49.4 Å². The van der Waals surface area contributed by atoms with Crippen molar-refractivity contribution >= 4 is 23.5 Å². The molecule has 0 fully saturated rings. The van der Waals surface area contributed by atoms with Crippen LogP contribution in [-0.2, 0) is 30.4 Å². The van der Waals surface area contributed by atoms with E-state index in [4.69, 9.17) is 21.1 Å². The number of hydrogen-bond acceptors (Lipinski definition) is 5. The summed E-state index contributed by atoms with van der Waals surface area (Å²) in [5.41, 5.74) is 1.09. The lowest BCUT2D eigenvalue weighted by Gasteiger charge is -2.12. The van der Waals surface area contributed by atoms with Crippen LogP contribution in [0.3, 0.4) is 0 Å². The number of halogens is 1. The molecule has 5 nitrogen and oxygen atoms in total. The van der Waals surface area contributed by atoms with Crippen LogP contribution in [0.2, 0.25) is 0 Å². The van der Waals surface area contributed by atoms with E-state index in [-0.39, 0.29) is 17.9 Å². The first-order valence-corrected chi connectivity index (χ1v) is 9.58. The fourth-order valence-electron chi connectivity index (χ4n) is 1.82. The molecule has 0 aromatic heterocycles. The molecule has 0 heterocycles. The first-order chi connectivity index (χ1) is 13.5. The molecule has 1 unspecified atom stereocenters. The Labute approximate surface area is 174 Å². The number of esters is 2. The van der Waals surface area contributed by atoms with Gasteiger partial charge in [0.25, 0.3) is 0 Å². The number of carbonyl (C=O) groups excluding carboxylic acids is 2. The zero-order valence-electron chi connectivity index (χ0n) is 17.2. The van der Waals surface area contributed by atoms with Gasteiger partial charge in [-0.2, -0.15) is 0 Å². The van der Waals surface area contributed by atoms with Crippen LogP contribution in [0.1, 0.15) is 31.7 Å². The maximum atomic E-state index is 11.4. The van der Waals surface area contributed by atoms with Gasteiger partial charge in [0.2, 0.25) is 0 Å². The van der Waals surface area contributed by atoms with Crippen molar-refractivity contribution in [3.63, 3.8) is 0 Å². The number of methoxy groups -OCH3 is 2. The molecule has 0 saturated carbocycles. The molecular weight excluding hydrogens is 380 g/mol. The topological polar surface area (TPSA) is 61.8 Å². The largest absolute Gasteiger partial charge is 0.469 e. The van der Waals surface area contributed by atoms with Crippen molar-refractivity contribution in [2.45, 2.75) is 32.8 Å². The summed E-state index contributed by atoms with van der Waals surface area (Å²) in [5, 5.41) is 0. The molecule has 1 aromatic rings. The molecule has 0 spiro atoms. The smallest absolute Gasteiger partial charge is 0.311 e. The number of benzene rings is 1. The highest BCUT2D eigenvalue weighted by molar-refractivity contribution is 6.17. The van der Waals surface area contributed by atoms with E-state index in [1.165, 1.54) is 14.2 Å². The lowest BCUT2D eigenvalue weighted by molar-refractivity contribution is -0.147. The Bertz CT molecular complexity index is 531. The van der Waals surface area contributed by atoms with Crippen LogP contribution in [-0.4, -0.2) is 38.6 Å². The van der Waals surface area contributed by atoms with E-state index in [2.05, 4.69) is 17.9 Å². The molecule has 1 rings (SSSR count). The predicted molar refractivity (Wildman–Crippen MR) is 114 cm³/mol. The van der Waals surface area contributed by atoms with E-state index in [0.717, 1.165) is 11.4 Å². The van der Waals surface area contributed by atoms with E-state index in [9.17, 15) is 9.59 Å². The van der Waals surface area contributed by atoms with Gasteiger partial charge in [0.15, 0.2) is 0 Å². The number of ether oxygens (including phenoxy) is 3. The zero-order chi connectivity index (χ0) is 21.6. The molecule has 0 amide bonds. The third kappa shape index (κ3) is 17.3. The summed E-state index contributed by atoms with van der Waals surface area (Å²) >= 11 is 5.00. The Morgan fingerprint density at radius 2 is 1.71 bits per heavy atom. The normalized spacial score (nSPS) is 10.1. The molecule has 0 bridgehead atoms. The first-order valence-electron chi connectivity index (χ1n) is 9.04. The second-order valence-corrected chi connectivity index (χ2v) is 5.95. The maximum Gasteiger partial charge on any atom is 0.311 e. The summed E-state index contributed by atoms with van der Waals surface area (Å²) in [6.07, 6.45) is 5.11. The quantitative estimate of drug-likeness (QED) is 0.309. The minimum atomic E-state index is -0.263. The van der Waals surface area contributed by atoms with Gasteiger partial charge in [0.05, 0.1) is 33.4 Å². The summed E-state index contributed by atoms with van der Waals surface area (Å²) in [7, 11) is 2.76. The molecule has 0 N–H and O–H groups in total. The fourth-order valence-corrected chi connectivity index (χ4v) is 1.82. The molecule has 1 atom stereocenters. The monoisotopic (exact) mass is 412 g/mol. The third-order valence-corrected chi connectivity index (χ3v) is 3.20. The third-order valence-electron chi connectivity index (χ3n) is 3.20. The molecule has 1 aromatic carbocycles. The number of carbonyl (C=O) groups is 2. The van der Waals surface area contributed by atoms with Crippen LogP contribution in [0.15, 0.2) is 55.6 Å². The molecule has 158 valence electrons. The predicted octanol–water partition coefficient (Wildman–Crippen LogP) is 4.94. The van der Waals surface area contributed by atoms with E-state index in [0.29, 0.717) is 32.5 Å². The zero-order valence-corrected chi connectivity index (χ0v) is 18.0. The molecule has 6 heteroatoms. The van der Waals surface area contributed by atoms with Crippen molar-refractivity contribution in [3.8, 4) is 0 Å². The lowest BCUT2D eigenvalue weighted by Crippen LogP contribution is -2.21. The van der Waals surface area contributed by atoms with Gasteiger partial charge < -0.3 is 14.2 Å². The lowest BCUT2D eigenvalue weighted by atomic mass is 10.1. The van der Waals surface area contributed by atoms with E-state index in [1.807, 2.05) is 37.3 Å². The van der Waals surface area contributed by atoms with Crippen LogP contribution < -0.4 is 0 Å². The van der Waals surface area contributed by atoms with Crippen molar-refractivity contribution in [1.29, 1.82) is 0 Å². The van der Waals surface area contributed by atoms with Crippen LogP contribution in [0.5, 0.6) is 0 Å². The molecule has 0 aliphatic carbocycles. The first kappa shape index (κ1) is 28.1. The maximum absolute atomic E-state index is 11.4. The molecular formula is C22H33ClO5. The highest BCUT2D eigenvalue weighted by atomic mass is 35.5. The Morgan fingerprint density at radius 1 is 1.11 bits per heavy atom. The summed E-state index contributed by atoms with van der Waals surface area (Å²) in [4.78, 5) is 21.7. The summed E-state index contributed by atoms with van der Waals surface area (Å²) in [5.74, 6) is 0.0315. The van der Waals surface area contributed by atoms with Crippen molar-refractivity contribution < 1.29 is 23.8 Å². The van der Waals surface area contributed by atoms with Gasteiger partial charge in [-0.3, -0.25) is 9.59 Å². The molecule has 28 heavy (non-hydrogen) atoms. The van der Waals surface area contributed by atoms with Gasteiger partial charge >= 0.3 is 11.9 Å². The van der Waals surface area contributed by atoms with Crippen molar-refractivity contribution in [3.05, 3.63) is 61.2 Å².